The van der Waals surface area contributed by atoms with Crippen LogP contribution >= 0.6 is 0 Å². The molecule has 1 aromatic heterocycles. The number of ether oxygens (including phenoxy) is 1. The number of carboxylic acid groups (broad SMARTS) is 1. The van der Waals surface area contributed by atoms with E-state index in [-0.39, 0.29) is 11.8 Å². The Morgan fingerprint density at radius 1 is 1.32 bits per heavy atom. The number of aromatic nitrogens is 2. The fraction of sp³-hybridized carbons (Fsp3) is 0.421. The smallest absolute Gasteiger partial charge is 0.416 e. The number of alkyl halides is 3. The molecule has 2 aromatic rings. The maximum atomic E-state index is 12.9. The SMILES string of the molecule is Cc1c(NC[C@@H]2CCC[C@H](c3cccc(C(F)(F)F)c3)O2)ncnc1C(=O)O. The molecule has 1 aromatic carbocycles. The normalized spacial score (nSPS) is 20.0. The topological polar surface area (TPSA) is 84.3 Å². The van der Waals surface area contributed by atoms with Crippen LogP contribution in [-0.4, -0.2) is 33.7 Å². The van der Waals surface area contributed by atoms with E-state index in [0.717, 1.165) is 25.0 Å². The first-order chi connectivity index (χ1) is 13.3. The van der Waals surface area contributed by atoms with Crippen LogP contribution < -0.4 is 5.32 Å². The first-order valence-electron chi connectivity index (χ1n) is 8.87. The van der Waals surface area contributed by atoms with Crippen molar-refractivity contribution in [3.63, 3.8) is 0 Å². The number of aromatic carboxylic acids is 1. The molecule has 0 amide bonds. The number of hydrogen-bond donors (Lipinski definition) is 2. The Hall–Kier alpha value is -2.68. The molecule has 1 fully saturated rings. The lowest BCUT2D eigenvalue weighted by atomic mass is 9.97. The lowest BCUT2D eigenvalue weighted by molar-refractivity contribution is -0.137. The van der Waals surface area contributed by atoms with Gasteiger partial charge in [-0.3, -0.25) is 0 Å². The van der Waals surface area contributed by atoms with Gasteiger partial charge in [-0.15, -0.1) is 0 Å². The highest BCUT2D eigenvalue weighted by atomic mass is 19.4. The van der Waals surface area contributed by atoms with Crippen LogP contribution in [0.5, 0.6) is 0 Å². The van der Waals surface area contributed by atoms with Gasteiger partial charge in [-0.05, 0) is 43.9 Å². The van der Waals surface area contributed by atoms with Crippen LogP contribution in [0.4, 0.5) is 19.0 Å². The van der Waals surface area contributed by atoms with Gasteiger partial charge in [0.2, 0.25) is 0 Å². The van der Waals surface area contributed by atoms with E-state index >= 15 is 0 Å². The number of nitrogens with one attached hydrogen (secondary N) is 1. The molecule has 9 heteroatoms. The molecule has 150 valence electrons. The van der Waals surface area contributed by atoms with Crippen molar-refractivity contribution in [2.45, 2.75) is 44.6 Å². The van der Waals surface area contributed by atoms with Gasteiger partial charge in [0.1, 0.15) is 12.1 Å². The number of hydrogen-bond acceptors (Lipinski definition) is 5. The zero-order chi connectivity index (χ0) is 20.3. The van der Waals surface area contributed by atoms with Crippen molar-refractivity contribution in [3.8, 4) is 0 Å². The number of halogens is 3. The summed E-state index contributed by atoms with van der Waals surface area (Å²) in [4.78, 5) is 18.9. The molecule has 0 aliphatic carbocycles. The minimum Gasteiger partial charge on any atom is -0.476 e. The van der Waals surface area contributed by atoms with Gasteiger partial charge < -0.3 is 15.2 Å². The summed E-state index contributed by atoms with van der Waals surface area (Å²) in [5, 5.41) is 12.2. The van der Waals surface area contributed by atoms with Gasteiger partial charge in [-0.1, -0.05) is 12.1 Å². The Morgan fingerprint density at radius 3 is 2.82 bits per heavy atom. The third-order valence-corrected chi connectivity index (χ3v) is 4.72. The molecule has 2 atom stereocenters. The first-order valence-corrected chi connectivity index (χ1v) is 8.87. The summed E-state index contributed by atoms with van der Waals surface area (Å²) in [5.41, 5.74) is 0.154. The van der Waals surface area contributed by atoms with E-state index in [0.29, 0.717) is 29.9 Å². The number of carboxylic acids is 1. The molecule has 2 heterocycles. The standard InChI is InChI=1S/C19H20F3N3O3/c1-11-16(18(26)27)24-10-25-17(11)23-9-14-6-3-7-15(28-14)12-4-2-5-13(8-12)19(20,21)22/h2,4-5,8,10,14-15H,3,6-7,9H2,1H3,(H,26,27)(H,23,24,25)/t14-,15+/m0/s1. The Balaban J connectivity index is 1.66. The fourth-order valence-corrected chi connectivity index (χ4v) is 3.26. The van der Waals surface area contributed by atoms with Crippen LogP contribution in [0.25, 0.3) is 0 Å². The van der Waals surface area contributed by atoms with Crippen LogP contribution in [0.1, 0.15) is 52.5 Å². The fourth-order valence-electron chi connectivity index (χ4n) is 3.26. The number of rotatable bonds is 5. The second-order valence-electron chi connectivity index (χ2n) is 6.68. The molecule has 28 heavy (non-hydrogen) atoms. The summed E-state index contributed by atoms with van der Waals surface area (Å²) in [5.74, 6) is -0.737. The molecule has 1 aliphatic rings. The molecule has 0 radical (unpaired) electrons. The molecular formula is C19H20F3N3O3. The lowest BCUT2D eigenvalue weighted by Gasteiger charge is -2.31. The molecule has 1 aliphatic heterocycles. The highest BCUT2D eigenvalue weighted by Crippen LogP contribution is 2.35. The first kappa shape index (κ1) is 20.1. The predicted octanol–water partition coefficient (Wildman–Crippen LogP) is 4.22. The van der Waals surface area contributed by atoms with Crippen LogP contribution in [-0.2, 0) is 10.9 Å². The highest BCUT2D eigenvalue weighted by Gasteiger charge is 2.32. The average molecular weight is 395 g/mol. The Kier molecular flexibility index (Phi) is 5.83. The minimum atomic E-state index is -4.39. The second-order valence-corrected chi connectivity index (χ2v) is 6.68. The second kappa shape index (κ2) is 8.14. The van der Waals surface area contributed by atoms with Crippen LogP contribution in [0.2, 0.25) is 0 Å². The quantitative estimate of drug-likeness (QED) is 0.789. The van der Waals surface area contributed by atoms with Crippen LogP contribution in [0, 0.1) is 6.92 Å². The lowest BCUT2D eigenvalue weighted by Crippen LogP contribution is -2.29. The molecular weight excluding hydrogens is 375 g/mol. The van der Waals surface area contributed by atoms with Crippen LogP contribution in [0.15, 0.2) is 30.6 Å². The number of nitrogens with zero attached hydrogens (tertiary/aromatic N) is 2. The Bertz CT molecular complexity index is 858. The third kappa shape index (κ3) is 4.59. The largest absolute Gasteiger partial charge is 0.476 e. The molecule has 6 nitrogen and oxygen atoms in total. The molecule has 0 bridgehead atoms. The van der Waals surface area contributed by atoms with Gasteiger partial charge in [0, 0.05) is 12.1 Å². The summed E-state index contributed by atoms with van der Waals surface area (Å²) in [6.07, 6.45) is -1.65. The summed E-state index contributed by atoms with van der Waals surface area (Å²) in [6.45, 7) is 1.98. The van der Waals surface area contributed by atoms with Gasteiger partial charge in [-0.25, -0.2) is 14.8 Å². The minimum absolute atomic E-state index is 0.0797. The van der Waals surface area contributed by atoms with Gasteiger partial charge in [0.05, 0.1) is 17.8 Å². The molecule has 2 N–H and O–H groups in total. The predicted molar refractivity (Wildman–Crippen MR) is 95.1 cm³/mol. The zero-order valence-corrected chi connectivity index (χ0v) is 15.2. The molecule has 0 spiro atoms. The number of anilines is 1. The van der Waals surface area contributed by atoms with Crippen molar-refractivity contribution in [2.75, 3.05) is 11.9 Å². The van der Waals surface area contributed by atoms with Crippen LogP contribution in [0.3, 0.4) is 0 Å². The molecule has 0 saturated carbocycles. The summed E-state index contributed by atoms with van der Waals surface area (Å²) < 4.78 is 44.8. The molecule has 1 saturated heterocycles. The highest BCUT2D eigenvalue weighted by molar-refractivity contribution is 5.88. The van der Waals surface area contributed by atoms with E-state index < -0.39 is 23.8 Å². The molecule has 0 unspecified atom stereocenters. The van der Waals surface area contributed by atoms with Gasteiger partial charge >= 0.3 is 12.1 Å². The van der Waals surface area contributed by atoms with Gasteiger partial charge in [-0.2, -0.15) is 13.2 Å². The van der Waals surface area contributed by atoms with E-state index in [2.05, 4.69) is 15.3 Å². The maximum absolute atomic E-state index is 12.9. The van der Waals surface area contributed by atoms with Crippen molar-refractivity contribution in [3.05, 3.63) is 53.0 Å². The van der Waals surface area contributed by atoms with Gasteiger partial charge in [0.15, 0.2) is 5.69 Å². The Morgan fingerprint density at radius 2 is 2.11 bits per heavy atom. The summed E-state index contributed by atoms with van der Waals surface area (Å²) in [6, 6.07) is 5.21. The van der Waals surface area contributed by atoms with E-state index in [9.17, 15) is 18.0 Å². The van der Waals surface area contributed by atoms with E-state index in [4.69, 9.17) is 9.84 Å². The van der Waals surface area contributed by atoms with E-state index in [1.807, 2.05) is 0 Å². The summed E-state index contributed by atoms with van der Waals surface area (Å²) in [7, 11) is 0. The third-order valence-electron chi connectivity index (χ3n) is 4.72. The van der Waals surface area contributed by atoms with Gasteiger partial charge in [0.25, 0.3) is 0 Å². The summed E-state index contributed by atoms with van der Waals surface area (Å²) >= 11 is 0. The maximum Gasteiger partial charge on any atom is 0.416 e. The average Bonchev–Trinajstić information content (AvgIpc) is 2.66. The molecule has 3 rings (SSSR count). The number of benzene rings is 1. The van der Waals surface area contributed by atoms with Crippen molar-refractivity contribution in [2.24, 2.45) is 0 Å². The van der Waals surface area contributed by atoms with Crippen molar-refractivity contribution >= 4 is 11.8 Å². The van der Waals surface area contributed by atoms with Crippen molar-refractivity contribution < 1.29 is 27.8 Å². The van der Waals surface area contributed by atoms with E-state index in [1.54, 1.807) is 13.0 Å². The van der Waals surface area contributed by atoms with Crippen molar-refractivity contribution in [1.29, 1.82) is 0 Å². The van der Waals surface area contributed by atoms with Crippen molar-refractivity contribution in [1.82, 2.24) is 9.97 Å². The monoisotopic (exact) mass is 395 g/mol. The van der Waals surface area contributed by atoms with E-state index in [1.165, 1.54) is 12.4 Å². The Labute approximate surface area is 159 Å². The number of carbonyl (C=O) groups is 1. The zero-order valence-electron chi connectivity index (χ0n) is 15.2.